The molecule has 1 aromatic carbocycles. The summed E-state index contributed by atoms with van der Waals surface area (Å²) in [5.74, 6) is -1.86. The van der Waals surface area contributed by atoms with Gasteiger partial charge in [0.25, 0.3) is 0 Å². The summed E-state index contributed by atoms with van der Waals surface area (Å²) in [5, 5.41) is 8.82. The van der Waals surface area contributed by atoms with Crippen LogP contribution in [-0.4, -0.2) is 19.4 Å². The second kappa shape index (κ2) is 5.80. The summed E-state index contributed by atoms with van der Waals surface area (Å²) >= 11 is 5.50. The molecule has 0 radical (unpaired) electrons. The van der Waals surface area contributed by atoms with Crippen molar-refractivity contribution in [3.8, 4) is 11.8 Å². The van der Waals surface area contributed by atoms with Gasteiger partial charge in [-0.15, -0.1) is 24.8 Å². The molecule has 1 aromatic rings. The molecule has 0 atom stereocenters. The first-order valence-corrected chi connectivity index (χ1v) is 5.33. The van der Waals surface area contributed by atoms with E-state index in [1.54, 1.807) is 0 Å². The quantitative estimate of drug-likeness (QED) is 0.635. The van der Waals surface area contributed by atoms with Crippen molar-refractivity contribution in [2.45, 2.75) is 12.2 Å². The van der Waals surface area contributed by atoms with E-state index in [4.69, 9.17) is 16.9 Å². The molecule has 0 unspecified atom stereocenters. The van der Waals surface area contributed by atoms with Crippen molar-refractivity contribution in [3.63, 3.8) is 0 Å². The summed E-state index contributed by atoms with van der Waals surface area (Å²) in [7, 11) is 1.11. The smallest absolute Gasteiger partial charge is 0.465 e. The second-order valence-corrected chi connectivity index (χ2v) is 3.56. The van der Waals surface area contributed by atoms with Crippen LogP contribution in [0.1, 0.15) is 21.5 Å². The molecule has 102 valence electrons. The lowest BCUT2D eigenvalue weighted by Crippen LogP contribution is -2.19. The number of nitriles is 1. The number of esters is 1. The molecule has 0 saturated heterocycles. The van der Waals surface area contributed by atoms with Gasteiger partial charge < -0.3 is 9.47 Å². The van der Waals surface area contributed by atoms with Gasteiger partial charge in [-0.25, -0.2) is 4.79 Å². The van der Waals surface area contributed by atoms with Gasteiger partial charge in [0.2, 0.25) is 0 Å². The maximum absolute atomic E-state index is 12.2. The topological polar surface area (TPSA) is 59.3 Å². The summed E-state index contributed by atoms with van der Waals surface area (Å²) in [6, 6.07) is 3.55. The third-order valence-corrected chi connectivity index (χ3v) is 2.36. The summed E-state index contributed by atoms with van der Waals surface area (Å²) in [5.41, 5.74) is -0.654. The van der Waals surface area contributed by atoms with E-state index in [-0.39, 0.29) is 17.0 Å². The summed E-state index contributed by atoms with van der Waals surface area (Å²) in [6.45, 7) is 0. The number of nitrogens with zero attached hydrogens (tertiary/aromatic N) is 1. The summed E-state index contributed by atoms with van der Waals surface area (Å²) < 4.78 is 44.9. The largest absolute Gasteiger partial charge is 0.573 e. The van der Waals surface area contributed by atoms with E-state index in [0.717, 1.165) is 19.2 Å². The number of benzene rings is 1. The maximum atomic E-state index is 12.2. The highest BCUT2D eigenvalue weighted by molar-refractivity contribution is 6.17. The van der Waals surface area contributed by atoms with Gasteiger partial charge >= 0.3 is 12.3 Å². The van der Waals surface area contributed by atoms with E-state index in [1.165, 1.54) is 6.07 Å². The molecule has 0 heterocycles. The number of methoxy groups -OCH3 is 1. The standard InChI is InChI=1S/C11H7ClF3NO3/c1-18-10(17)6-2-7(4-12)9(8(3-6)5-16)19-11(13,14)15/h2-3H,4H2,1H3. The Balaban J connectivity index is 3.39. The van der Waals surface area contributed by atoms with Crippen molar-refractivity contribution in [2.75, 3.05) is 7.11 Å². The molecule has 0 N–H and O–H groups in total. The zero-order valence-electron chi connectivity index (χ0n) is 9.55. The fraction of sp³-hybridized carbons (Fsp3) is 0.273. The van der Waals surface area contributed by atoms with Gasteiger partial charge in [0, 0.05) is 5.56 Å². The van der Waals surface area contributed by atoms with E-state index in [9.17, 15) is 18.0 Å². The van der Waals surface area contributed by atoms with Gasteiger partial charge in [0.15, 0.2) is 5.75 Å². The minimum absolute atomic E-state index is 0.0794. The Hall–Kier alpha value is -1.94. The van der Waals surface area contributed by atoms with Crippen LogP contribution in [0.25, 0.3) is 0 Å². The van der Waals surface area contributed by atoms with Crippen molar-refractivity contribution in [3.05, 3.63) is 28.8 Å². The molecule has 0 aliphatic heterocycles. The zero-order valence-corrected chi connectivity index (χ0v) is 10.3. The number of rotatable bonds is 3. The van der Waals surface area contributed by atoms with E-state index in [2.05, 4.69) is 9.47 Å². The summed E-state index contributed by atoms with van der Waals surface area (Å²) in [4.78, 5) is 11.3. The first-order chi connectivity index (χ1) is 8.82. The number of hydrogen-bond donors (Lipinski definition) is 0. The van der Waals surface area contributed by atoms with Gasteiger partial charge in [-0.05, 0) is 12.1 Å². The zero-order chi connectivity index (χ0) is 14.6. The fourth-order valence-electron chi connectivity index (χ4n) is 1.34. The monoisotopic (exact) mass is 293 g/mol. The number of hydrogen-bond acceptors (Lipinski definition) is 4. The van der Waals surface area contributed by atoms with E-state index >= 15 is 0 Å². The minimum atomic E-state index is -4.96. The van der Waals surface area contributed by atoms with Gasteiger partial charge in [-0.3, -0.25) is 0 Å². The van der Waals surface area contributed by atoms with E-state index < -0.39 is 23.6 Å². The Kier molecular flexibility index (Phi) is 4.62. The van der Waals surface area contributed by atoms with Gasteiger partial charge in [0.1, 0.15) is 6.07 Å². The van der Waals surface area contributed by atoms with Crippen LogP contribution in [0.15, 0.2) is 12.1 Å². The average molecular weight is 294 g/mol. The molecule has 0 amide bonds. The minimum Gasteiger partial charge on any atom is -0.465 e. The molecule has 0 bridgehead atoms. The first kappa shape index (κ1) is 15.1. The number of carbonyl (C=O) groups is 1. The Morgan fingerprint density at radius 2 is 2.11 bits per heavy atom. The normalized spacial score (nSPS) is 10.7. The molecule has 0 aliphatic rings. The molecule has 8 heteroatoms. The van der Waals surface area contributed by atoms with Crippen LogP contribution in [0.3, 0.4) is 0 Å². The summed E-state index contributed by atoms with van der Waals surface area (Å²) in [6.07, 6.45) is -4.96. The molecule has 0 aliphatic carbocycles. The highest BCUT2D eigenvalue weighted by Gasteiger charge is 2.33. The van der Waals surface area contributed by atoms with E-state index in [1.807, 2.05) is 0 Å². The lowest BCUT2D eigenvalue weighted by atomic mass is 10.1. The molecule has 1 rings (SSSR count). The Labute approximate surface area is 111 Å². The van der Waals surface area contributed by atoms with Crippen LogP contribution in [0.2, 0.25) is 0 Å². The predicted octanol–water partition coefficient (Wildman–Crippen LogP) is 2.98. The van der Waals surface area contributed by atoms with Crippen LogP contribution in [-0.2, 0) is 10.6 Å². The number of halogens is 4. The van der Waals surface area contributed by atoms with Gasteiger partial charge in [-0.1, -0.05) is 0 Å². The van der Waals surface area contributed by atoms with Crippen molar-refractivity contribution >= 4 is 17.6 Å². The first-order valence-electron chi connectivity index (χ1n) is 4.79. The van der Waals surface area contributed by atoms with Crippen molar-refractivity contribution < 1.29 is 27.4 Å². The van der Waals surface area contributed by atoms with Crippen molar-refractivity contribution in [1.82, 2.24) is 0 Å². The second-order valence-electron chi connectivity index (χ2n) is 3.30. The maximum Gasteiger partial charge on any atom is 0.573 e. The SMILES string of the molecule is COC(=O)c1cc(C#N)c(OC(F)(F)F)c(CCl)c1. The molecule has 0 saturated carbocycles. The highest BCUT2D eigenvalue weighted by atomic mass is 35.5. The number of alkyl halides is 4. The van der Waals surface area contributed by atoms with Crippen LogP contribution < -0.4 is 4.74 Å². The van der Waals surface area contributed by atoms with E-state index in [0.29, 0.717) is 0 Å². The molecule has 19 heavy (non-hydrogen) atoms. The number of carbonyl (C=O) groups excluding carboxylic acids is 1. The van der Waals surface area contributed by atoms with Gasteiger partial charge in [0.05, 0.1) is 24.1 Å². The Morgan fingerprint density at radius 1 is 1.47 bits per heavy atom. The molecule has 0 fully saturated rings. The predicted molar refractivity (Wildman–Crippen MR) is 58.7 cm³/mol. The Bertz CT molecular complexity index is 537. The van der Waals surface area contributed by atoms with Crippen LogP contribution in [0.4, 0.5) is 13.2 Å². The third kappa shape index (κ3) is 3.76. The van der Waals surface area contributed by atoms with Crippen LogP contribution in [0, 0.1) is 11.3 Å². The molecular formula is C11H7ClF3NO3. The lowest BCUT2D eigenvalue weighted by molar-refractivity contribution is -0.275. The van der Waals surface area contributed by atoms with Gasteiger partial charge in [-0.2, -0.15) is 5.26 Å². The molecule has 4 nitrogen and oxygen atoms in total. The molecule has 0 spiro atoms. The van der Waals surface area contributed by atoms with Crippen LogP contribution in [0.5, 0.6) is 5.75 Å². The van der Waals surface area contributed by atoms with Crippen molar-refractivity contribution in [2.24, 2.45) is 0 Å². The lowest BCUT2D eigenvalue weighted by Gasteiger charge is -2.14. The average Bonchev–Trinajstić information content (AvgIpc) is 2.36. The highest BCUT2D eigenvalue weighted by Crippen LogP contribution is 2.32. The molecule has 0 aromatic heterocycles. The van der Waals surface area contributed by atoms with Crippen molar-refractivity contribution in [1.29, 1.82) is 5.26 Å². The Morgan fingerprint density at radius 3 is 2.53 bits per heavy atom. The molecular weight excluding hydrogens is 287 g/mol. The number of ether oxygens (including phenoxy) is 2. The third-order valence-electron chi connectivity index (χ3n) is 2.07. The van der Waals surface area contributed by atoms with Crippen LogP contribution >= 0.6 is 11.6 Å². The fourth-order valence-corrected chi connectivity index (χ4v) is 1.54.